The Hall–Kier alpha value is -1.47. The fourth-order valence-corrected chi connectivity index (χ4v) is 2.33. The summed E-state index contributed by atoms with van der Waals surface area (Å²) in [4.78, 5) is 13.5. The van der Waals surface area contributed by atoms with Gasteiger partial charge in [0.25, 0.3) is 0 Å². The first-order valence-electron chi connectivity index (χ1n) is 7.20. The molecule has 1 unspecified atom stereocenters. The third-order valence-corrected chi connectivity index (χ3v) is 3.43. The predicted octanol–water partition coefficient (Wildman–Crippen LogP) is -0.239. The molecule has 1 fully saturated rings. The van der Waals surface area contributed by atoms with Crippen molar-refractivity contribution in [1.82, 2.24) is 25.2 Å². The zero-order valence-corrected chi connectivity index (χ0v) is 12.0. The van der Waals surface area contributed by atoms with Crippen molar-refractivity contribution >= 4 is 5.91 Å². The van der Waals surface area contributed by atoms with Gasteiger partial charge in [-0.2, -0.15) is 0 Å². The molecule has 7 nitrogen and oxygen atoms in total. The largest absolute Gasteiger partial charge is 0.396 e. The summed E-state index contributed by atoms with van der Waals surface area (Å²) >= 11 is 0. The Morgan fingerprint density at radius 2 is 2.40 bits per heavy atom. The average molecular weight is 281 g/mol. The minimum Gasteiger partial charge on any atom is -0.396 e. The van der Waals surface area contributed by atoms with Crippen molar-refractivity contribution in [3.63, 3.8) is 0 Å². The molecule has 20 heavy (non-hydrogen) atoms. The molecule has 2 N–H and O–H groups in total. The molecule has 112 valence electrons. The van der Waals surface area contributed by atoms with Crippen LogP contribution in [0.2, 0.25) is 0 Å². The van der Waals surface area contributed by atoms with Crippen LogP contribution in [0.15, 0.2) is 6.20 Å². The third-order valence-electron chi connectivity index (χ3n) is 3.43. The van der Waals surface area contributed by atoms with Crippen LogP contribution in [0.25, 0.3) is 0 Å². The van der Waals surface area contributed by atoms with Crippen LogP contribution in [0, 0.1) is 0 Å². The van der Waals surface area contributed by atoms with E-state index in [4.69, 9.17) is 5.11 Å². The standard InChI is InChI=1S/C13H23N5O2/c1-11(9-17-5-2-4-13(17)20)14-8-12-10-18(16-15-12)6-3-7-19/h10-11,14,19H,2-9H2,1H3. The molecular weight excluding hydrogens is 258 g/mol. The molecule has 1 aromatic heterocycles. The average Bonchev–Trinajstić information content (AvgIpc) is 3.04. The van der Waals surface area contributed by atoms with Gasteiger partial charge in [-0.05, 0) is 19.8 Å². The monoisotopic (exact) mass is 281 g/mol. The second-order valence-corrected chi connectivity index (χ2v) is 5.28. The Kier molecular flexibility index (Phi) is 5.49. The molecule has 7 heteroatoms. The lowest BCUT2D eigenvalue weighted by molar-refractivity contribution is -0.127. The van der Waals surface area contributed by atoms with E-state index in [2.05, 4.69) is 22.6 Å². The minimum absolute atomic E-state index is 0.161. The summed E-state index contributed by atoms with van der Waals surface area (Å²) in [6.45, 7) is 5.18. The second kappa shape index (κ2) is 7.35. The van der Waals surface area contributed by atoms with Gasteiger partial charge in [-0.15, -0.1) is 5.10 Å². The Bertz CT molecular complexity index is 434. The van der Waals surface area contributed by atoms with Crippen molar-refractivity contribution in [3.05, 3.63) is 11.9 Å². The molecule has 1 aliphatic rings. The Morgan fingerprint density at radius 1 is 1.55 bits per heavy atom. The predicted molar refractivity (Wildman–Crippen MR) is 73.8 cm³/mol. The van der Waals surface area contributed by atoms with E-state index in [-0.39, 0.29) is 18.6 Å². The first-order chi connectivity index (χ1) is 9.69. The quantitative estimate of drug-likeness (QED) is 0.687. The maximum absolute atomic E-state index is 11.5. The topological polar surface area (TPSA) is 83.3 Å². The van der Waals surface area contributed by atoms with Crippen molar-refractivity contribution < 1.29 is 9.90 Å². The normalized spacial score (nSPS) is 16.9. The van der Waals surface area contributed by atoms with Crippen molar-refractivity contribution in [2.45, 2.75) is 45.3 Å². The molecule has 2 rings (SSSR count). The number of rotatable bonds is 8. The van der Waals surface area contributed by atoms with Gasteiger partial charge in [-0.1, -0.05) is 5.21 Å². The molecular formula is C13H23N5O2. The number of hydrogen-bond donors (Lipinski definition) is 2. The van der Waals surface area contributed by atoms with E-state index in [0.29, 0.717) is 25.9 Å². The molecule has 0 spiro atoms. The highest BCUT2D eigenvalue weighted by molar-refractivity contribution is 5.78. The van der Waals surface area contributed by atoms with Crippen LogP contribution in [0.3, 0.4) is 0 Å². The van der Waals surface area contributed by atoms with Crippen LogP contribution in [0.4, 0.5) is 0 Å². The summed E-state index contributed by atoms with van der Waals surface area (Å²) in [5, 5.41) is 20.2. The molecule has 0 aromatic carbocycles. The Morgan fingerprint density at radius 3 is 3.10 bits per heavy atom. The molecule has 1 aliphatic heterocycles. The van der Waals surface area contributed by atoms with E-state index < -0.39 is 0 Å². The van der Waals surface area contributed by atoms with Gasteiger partial charge in [-0.25, -0.2) is 0 Å². The molecule has 0 radical (unpaired) electrons. The molecule has 0 bridgehead atoms. The fraction of sp³-hybridized carbons (Fsp3) is 0.769. The van der Waals surface area contributed by atoms with E-state index in [0.717, 1.165) is 25.2 Å². The lowest BCUT2D eigenvalue weighted by atomic mass is 10.3. The van der Waals surface area contributed by atoms with E-state index in [9.17, 15) is 4.79 Å². The van der Waals surface area contributed by atoms with Gasteiger partial charge in [0.15, 0.2) is 0 Å². The Labute approximate surface area is 119 Å². The fourth-order valence-electron chi connectivity index (χ4n) is 2.33. The molecule has 0 aliphatic carbocycles. The smallest absolute Gasteiger partial charge is 0.222 e. The Balaban J connectivity index is 1.71. The zero-order valence-electron chi connectivity index (χ0n) is 12.0. The molecule has 1 amide bonds. The lowest BCUT2D eigenvalue weighted by Crippen LogP contribution is -2.39. The summed E-state index contributed by atoms with van der Waals surface area (Å²) in [5.41, 5.74) is 0.877. The highest BCUT2D eigenvalue weighted by Gasteiger charge is 2.21. The summed E-state index contributed by atoms with van der Waals surface area (Å²) in [6.07, 6.45) is 4.23. The number of aliphatic hydroxyl groups excluding tert-OH is 1. The van der Waals surface area contributed by atoms with E-state index in [1.807, 2.05) is 11.1 Å². The number of aromatic nitrogens is 3. The van der Waals surface area contributed by atoms with Gasteiger partial charge in [0.2, 0.25) is 5.91 Å². The van der Waals surface area contributed by atoms with E-state index >= 15 is 0 Å². The number of likely N-dealkylation sites (tertiary alicyclic amines) is 1. The highest BCUT2D eigenvalue weighted by Crippen LogP contribution is 2.09. The number of carbonyl (C=O) groups is 1. The van der Waals surface area contributed by atoms with Crippen molar-refractivity contribution in [3.8, 4) is 0 Å². The number of carbonyl (C=O) groups excluding carboxylic acids is 1. The first-order valence-corrected chi connectivity index (χ1v) is 7.20. The second-order valence-electron chi connectivity index (χ2n) is 5.28. The number of amides is 1. The van der Waals surface area contributed by atoms with Crippen LogP contribution >= 0.6 is 0 Å². The number of aryl methyl sites for hydroxylation is 1. The highest BCUT2D eigenvalue weighted by atomic mass is 16.3. The summed E-state index contributed by atoms with van der Waals surface area (Å²) in [6, 6.07) is 0.236. The summed E-state index contributed by atoms with van der Waals surface area (Å²) < 4.78 is 1.74. The molecule has 1 atom stereocenters. The van der Waals surface area contributed by atoms with Gasteiger partial charge in [0, 0.05) is 51.4 Å². The molecule has 1 saturated heterocycles. The molecule has 0 saturated carbocycles. The first kappa shape index (κ1) is 14.9. The third kappa shape index (κ3) is 4.28. The van der Waals surface area contributed by atoms with E-state index in [1.54, 1.807) is 4.68 Å². The van der Waals surface area contributed by atoms with Gasteiger partial charge in [0.1, 0.15) is 0 Å². The summed E-state index contributed by atoms with van der Waals surface area (Å²) in [7, 11) is 0. The molecule has 1 aromatic rings. The van der Waals surface area contributed by atoms with Crippen LogP contribution in [0.5, 0.6) is 0 Å². The SMILES string of the molecule is CC(CN1CCCC1=O)NCc1cn(CCCO)nn1. The number of nitrogens with zero attached hydrogens (tertiary/aromatic N) is 4. The van der Waals surface area contributed by atoms with Gasteiger partial charge in [0.05, 0.1) is 5.69 Å². The number of aliphatic hydroxyl groups is 1. The maximum atomic E-state index is 11.5. The summed E-state index contributed by atoms with van der Waals surface area (Å²) in [5.74, 6) is 0.258. The van der Waals surface area contributed by atoms with Crippen LogP contribution in [-0.2, 0) is 17.9 Å². The van der Waals surface area contributed by atoms with Crippen LogP contribution in [0.1, 0.15) is 31.9 Å². The van der Waals surface area contributed by atoms with Crippen LogP contribution < -0.4 is 5.32 Å². The maximum Gasteiger partial charge on any atom is 0.222 e. The van der Waals surface area contributed by atoms with Gasteiger partial charge in [-0.3, -0.25) is 9.48 Å². The van der Waals surface area contributed by atoms with Crippen molar-refractivity contribution in [1.29, 1.82) is 0 Å². The zero-order chi connectivity index (χ0) is 14.4. The van der Waals surface area contributed by atoms with E-state index in [1.165, 1.54) is 0 Å². The molecule has 2 heterocycles. The van der Waals surface area contributed by atoms with Gasteiger partial charge >= 0.3 is 0 Å². The van der Waals surface area contributed by atoms with Crippen molar-refractivity contribution in [2.75, 3.05) is 19.7 Å². The lowest BCUT2D eigenvalue weighted by Gasteiger charge is -2.21. The number of hydrogen-bond acceptors (Lipinski definition) is 5. The van der Waals surface area contributed by atoms with Crippen molar-refractivity contribution in [2.24, 2.45) is 0 Å². The number of nitrogens with one attached hydrogen (secondary N) is 1. The van der Waals surface area contributed by atoms with Crippen LogP contribution in [-0.4, -0.2) is 56.6 Å². The van der Waals surface area contributed by atoms with Gasteiger partial charge < -0.3 is 15.3 Å². The minimum atomic E-state index is 0.161.